The van der Waals surface area contributed by atoms with Gasteiger partial charge in [0.2, 0.25) is 0 Å². The fraction of sp³-hybridized carbons (Fsp3) is 0.176. The number of anilines is 2. The molecule has 4 nitrogen and oxygen atoms in total. The van der Waals surface area contributed by atoms with E-state index >= 15 is 0 Å². The van der Waals surface area contributed by atoms with E-state index in [1.807, 2.05) is 6.92 Å². The normalized spacial score (nSPS) is 9.92. The molecule has 122 valence electrons. The van der Waals surface area contributed by atoms with Crippen LogP contribution in [0.2, 0.25) is 0 Å². The first-order valence-electron chi connectivity index (χ1n) is 7.04. The number of benzene rings is 2. The zero-order valence-electron chi connectivity index (χ0n) is 12.7. The molecule has 0 aromatic heterocycles. The second kappa shape index (κ2) is 7.38. The van der Waals surface area contributed by atoms with Crippen molar-refractivity contribution >= 4 is 11.4 Å². The summed E-state index contributed by atoms with van der Waals surface area (Å²) in [5.41, 5.74) is -2.47. The van der Waals surface area contributed by atoms with Gasteiger partial charge in [-0.1, -0.05) is 19.1 Å². The number of para-hydroxylation sites is 2. The highest BCUT2D eigenvalue weighted by atomic mass is 19.2. The summed E-state index contributed by atoms with van der Waals surface area (Å²) in [6.45, 7) is 2.28. The predicted molar refractivity (Wildman–Crippen MR) is 81.3 cm³/mol. The lowest BCUT2D eigenvalue weighted by Gasteiger charge is -2.15. The van der Waals surface area contributed by atoms with E-state index in [1.54, 1.807) is 18.2 Å². The van der Waals surface area contributed by atoms with Crippen molar-refractivity contribution in [3.63, 3.8) is 0 Å². The van der Waals surface area contributed by atoms with Gasteiger partial charge in [0.1, 0.15) is 34.7 Å². The van der Waals surface area contributed by atoms with Crippen molar-refractivity contribution < 1.29 is 17.9 Å². The second-order valence-corrected chi connectivity index (χ2v) is 4.76. The third-order valence-corrected chi connectivity index (χ3v) is 3.15. The minimum absolute atomic E-state index is 0.205. The van der Waals surface area contributed by atoms with E-state index in [0.717, 1.165) is 6.42 Å². The van der Waals surface area contributed by atoms with Gasteiger partial charge in [-0.3, -0.25) is 0 Å². The average molecular weight is 331 g/mol. The van der Waals surface area contributed by atoms with Crippen molar-refractivity contribution in [2.24, 2.45) is 0 Å². The van der Waals surface area contributed by atoms with Crippen LogP contribution in [0.15, 0.2) is 24.3 Å². The third kappa shape index (κ3) is 3.11. The molecular weight excluding hydrogens is 319 g/mol. The maximum absolute atomic E-state index is 14.3. The fourth-order valence-electron chi connectivity index (χ4n) is 2.02. The Balaban J connectivity index is 2.55. The van der Waals surface area contributed by atoms with E-state index < -0.39 is 34.3 Å². The molecule has 2 aromatic rings. The Kier molecular flexibility index (Phi) is 5.28. The SMILES string of the molecule is CCCOc1ccccc1Nc1c(F)c(F)c(C#N)c(C#N)c1F. The predicted octanol–water partition coefficient (Wildman–Crippen LogP) is 4.38. The molecule has 0 atom stereocenters. The molecule has 0 aliphatic rings. The lowest BCUT2D eigenvalue weighted by atomic mass is 10.1. The number of nitriles is 2. The van der Waals surface area contributed by atoms with E-state index in [2.05, 4.69) is 5.32 Å². The van der Waals surface area contributed by atoms with Crippen LogP contribution < -0.4 is 10.1 Å². The molecule has 0 radical (unpaired) electrons. The van der Waals surface area contributed by atoms with Crippen LogP contribution in [-0.4, -0.2) is 6.61 Å². The van der Waals surface area contributed by atoms with Gasteiger partial charge >= 0.3 is 0 Å². The average Bonchev–Trinajstić information content (AvgIpc) is 2.60. The molecule has 0 saturated heterocycles. The summed E-state index contributed by atoms with van der Waals surface area (Å²) in [6.07, 6.45) is 0.723. The summed E-state index contributed by atoms with van der Waals surface area (Å²) >= 11 is 0. The maximum atomic E-state index is 14.3. The fourth-order valence-corrected chi connectivity index (χ4v) is 2.02. The number of nitrogens with one attached hydrogen (secondary N) is 1. The molecular formula is C17H12F3N3O. The molecule has 0 fully saturated rings. The van der Waals surface area contributed by atoms with Gasteiger partial charge in [0.15, 0.2) is 17.5 Å². The van der Waals surface area contributed by atoms with Crippen molar-refractivity contribution in [1.29, 1.82) is 10.5 Å². The number of rotatable bonds is 5. The Labute approximate surface area is 136 Å². The van der Waals surface area contributed by atoms with Gasteiger partial charge in [-0.2, -0.15) is 10.5 Å². The first-order chi connectivity index (χ1) is 11.5. The summed E-state index contributed by atoms with van der Waals surface area (Å²) in [7, 11) is 0. The molecule has 0 heterocycles. The second-order valence-electron chi connectivity index (χ2n) is 4.76. The summed E-state index contributed by atoms with van der Waals surface area (Å²) in [4.78, 5) is 0. The van der Waals surface area contributed by atoms with Gasteiger partial charge in [0.05, 0.1) is 12.3 Å². The van der Waals surface area contributed by atoms with Crippen molar-refractivity contribution in [1.82, 2.24) is 0 Å². The van der Waals surface area contributed by atoms with Gasteiger partial charge in [-0.25, -0.2) is 13.2 Å². The van der Waals surface area contributed by atoms with E-state index in [-0.39, 0.29) is 5.69 Å². The van der Waals surface area contributed by atoms with Crippen molar-refractivity contribution in [3.8, 4) is 17.9 Å². The highest BCUT2D eigenvalue weighted by molar-refractivity contribution is 5.70. The van der Waals surface area contributed by atoms with E-state index in [4.69, 9.17) is 15.3 Å². The number of halogens is 3. The summed E-state index contributed by atoms with van der Waals surface area (Å²) in [5, 5.41) is 20.1. The zero-order chi connectivity index (χ0) is 17.7. The van der Waals surface area contributed by atoms with Crippen LogP contribution in [0.5, 0.6) is 5.75 Å². The Hall–Kier alpha value is -3.19. The van der Waals surface area contributed by atoms with E-state index in [9.17, 15) is 13.2 Å². The molecule has 2 rings (SSSR count). The standard InChI is InChI=1S/C17H12F3N3O/c1-2-7-24-13-6-4-3-5-12(13)23-17-15(19)11(9-22)10(8-21)14(18)16(17)20/h3-6,23H,2,7H2,1H3. The van der Waals surface area contributed by atoms with Crippen LogP contribution >= 0.6 is 0 Å². The molecule has 0 spiro atoms. The number of ether oxygens (including phenoxy) is 1. The van der Waals surface area contributed by atoms with Crippen LogP contribution in [0.25, 0.3) is 0 Å². The van der Waals surface area contributed by atoms with Gasteiger partial charge in [0.25, 0.3) is 0 Å². The highest BCUT2D eigenvalue weighted by Crippen LogP contribution is 2.34. The Bertz CT molecular complexity index is 854. The summed E-state index contributed by atoms with van der Waals surface area (Å²) in [5.74, 6) is -4.17. The number of nitrogens with zero attached hydrogens (tertiary/aromatic N) is 2. The minimum atomic E-state index is -1.58. The lowest BCUT2D eigenvalue weighted by Crippen LogP contribution is -2.07. The maximum Gasteiger partial charge on any atom is 0.186 e. The molecule has 0 saturated carbocycles. The van der Waals surface area contributed by atoms with Crippen molar-refractivity contribution in [2.75, 3.05) is 11.9 Å². The molecule has 0 amide bonds. The van der Waals surface area contributed by atoms with Gasteiger partial charge in [0, 0.05) is 0 Å². The molecule has 0 aliphatic heterocycles. The zero-order valence-corrected chi connectivity index (χ0v) is 12.7. The quantitative estimate of drug-likeness (QED) is 0.826. The van der Waals surface area contributed by atoms with Crippen molar-refractivity contribution in [2.45, 2.75) is 13.3 Å². The topological polar surface area (TPSA) is 68.8 Å². The minimum Gasteiger partial charge on any atom is -0.491 e. The van der Waals surface area contributed by atoms with Crippen LogP contribution in [-0.2, 0) is 0 Å². The lowest BCUT2D eigenvalue weighted by molar-refractivity contribution is 0.319. The Morgan fingerprint density at radius 3 is 2.25 bits per heavy atom. The molecule has 0 unspecified atom stereocenters. The van der Waals surface area contributed by atoms with E-state index in [1.165, 1.54) is 18.2 Å². The number of hydrogen-bond acceptors (Lipinski definition) is 4. The van der Waals surface area contributed by atoms with Gasteiger partial charge in [-0.15, -0.1) is 0 Å². The van der Waals surface area contributed by atoms with Gasteiger partial charge < -0.3 is 10.1 Å². The molecule has 24 heavy (non-hydrogen) atoms. The summed E-state index contributed by atoms with van der Waals surface area (Å²) < 4.78 is 47.8. The smallest absolute Gasteiger partial charge is 0.186 e. The number of hydrogen-bond donors (Lipinski definition) is 1. The molecule has 0 bridgehead atoms. The van der Waals surface area contributed by atoms with E-state index in [0.29, 0.717) is 12.4 Å². The van der Waals surface area contributed by atoms with Crippen molar-refractivity contribution in [3.05, 3.63) is 52.8 Å². The molecule has 1 N–H and O–H groups in total. The molecule has 0 aliphatic carbocycles. The Morgan fingerprint density at radius 2 is 1.62 bits per heavy atom. The largest absolute Gasteiger partial charge is 0.491 e. The first kappa shape index (κ1) is 17.2. The third-order valence-electron chi connectivity index (χ3n) is 3.15. The first-order valence-corrected chi connectivity index (χ1v) is 7.04. The highest BCUT2D eigenvalue weighted by Gasteiger charge is 2.25. The molecule has 7 heteroatoms. The van der Waals surface area contributed by atoms with Crippen LogP contribution in [0.3, 0.4) is 0 Å². The molecule has 2 aromatic carbocycles. The Morgan fingerprint density at radius 1 is 1.00 bits per heavy atom. The van der Waals surface area contributed by atoms with Crippen LogP contribution in [0, 0.1) is 40.1 Å². The monoisotopic (exact) mass is 331 g/mol. The van der Waals surface area contributed by atoms with Crippen LogP contribution in [0.1, 0.15) is 24.5 Å². The van der Waals surface area contributed by atoms with Crippen LogP contribution in [0.4, 0.5) is 24.5 Å². The van der Waals surface area contributed by atoms with Gasteiger partial charge in [-0.05, 0) is 18.6 Å². The summed E-state index contributed by atoms with van der Waals surface area (Å²) in [6, 6.07) is 9.02.